The fraction of sp³-hybridized carbons (Fsp3) is 0.619. The normalized spacial score (nSPS) is 31.8. The van der Waals surface area contributed by atoms with Crippen molar-refractivity contribution in [1.82, 2.24) is 0 Å². The second kappa shape index (κ2) is 10.6. The zero-order valence-electron chi connectivity index (χ0n) is 32.2. The van der Waals surface area contributed by atoms with Crippen LogP contribution in [0.15, 0.2) is 75.4 Å². The summed E-state index contributed by atoms with van der Waals surface area (Å²) in [5.41, 5.74) is 17.5. The van der Waals surface area contributed by atoms with E-state index in [1.165, 1.54) is 6.42 Å². The Morgan fingerprint density at radius 3 is 1.13 bits per heavy atom. The van der Waals surface area contributed by atoms with Crippen molar-refractivity contribution in [3.05, 3.63) is 75.4 Å². The third-order valence-corrected chi connectivity index (χ3v) is 40.6. The molecule has 4 heteroatoms. The van der Waals surface area contributed by atoms with Gasteiger partial charge in [-0.15, -0.1) is 0 Å². The van der Waals surface area contributed by atoms with Gasteiger partial charge in [-0.25, -0.2) is 0 Å². The van der Waals surface area contributed by atoms with Crippen LogP contribution in [0.25, 0.3) is 0 Å². The average molecular weight is 814 g/mol. The summed E-state index contributed by atoms with van der Waals surface area (Å²) in [6, 6.07) is 0. The van der Waals surface area contributed by atoms with Crippen molar-refractivity contribution in [3.8, 4) is 0 Å². The van der Waals surface area contributed by atoms with E-state index in [4.69, 9.17) is 0 Å². The summed E-state index contributed by atoms with van der Waals surface area (Å²) in [7, 11) is 0. The molecule has 2 aliphatic heterocycles. The maximum Gasteiger partial charge on any atom is -0.0149 e. The molecule has 0 spiro atoms. The van der Waals surface area contributed by atoms with Crippen LogP contribution in [0, 0.1) is 27.1 Å². The van der Waals surface area contributed by atoms with E-state index in [0.717, 1.165) is 0 Å². The van der Waals surface area contributed by atoms with Crippen LogP contribution in [0.3, 0.4) is 0 Å². The maximum absolute atomic E-state index is 2.88. The SMILES string of the molecule is CC1=C(C)C(C)(C)[C]([Zr]2([CH3])[C]3=[C]2C(C)(C)C(C)=C3C)=C1CC(C)(C)C1=[C]([Zr]2([CH3])[C]3=[C]2C(C)(C)C(C)=C3C)C(C)(C)C(C)=C1C.[SiH4].[SiH4]. The second-order valence-corrected chi connectivity index (χ2v) is 37.3. The summed E-state index contributed by atoms with van der Waals surface area (Å²) >= 11 is -5.72. The van der Waals surface area contributed by atoms with Gasteiger partial charge in [0.15, 0.2) is 0 Å². The summed E-state index contributed by atoms with van der Waals surface area (Å²) < 4.78 is 17.0. The number of allylic oxidation sites excluding steroid dienone is 16. The van der Waals surface area contributed by atoms with E-state index < -0.39 is 40.5 Å². The molecule has 0 saturated heterocycles. The van der Waals surface area contributed by atoms with Crippen LogP contribution >= 0.6 is 0 Å². The molecule has 0 aromatic heterocycles. The van der Waals surface area contributed by atoms with E-state index in [-0.39, 0.29) is 49.0 Å². The molecule has 4 aliphatic carbocycles. The summed E-state index contributed by atoms with van der Waals surface area (Å²) in [4.78, 5) is 0. The molecule has 0 N–H and O–H groups in total. The maximum atomic E-state index is 2.80. The number of hydrogen-bond acceptors (Lipinski definition) is 0. The van der Waals surface area contributed by atoms with Crippen molar-refractivity contribution in [1.29, 1.82) is 0 Å². The standard InChI is InChI=1S/C22H32.2C9H12.2CH3.2H4Si.2Zr/c1-14-16(3)20(5,6)11-18(14)12-22(9,10)19-13-21(7,8)17(4)15(19)2;2*1-7-5-6-9(3,4)8(7)2;;;;;;/h12H2,1-10H3;2*1-4H3;2*1H3;2*1H4;;. The predicted octanol–water partition coefficient (Wildman–Crippen LogP) is 10.4. The molecule has 0 aromatic carbocycles. The molecule has 6 aliphatic rings. The van der Waals surface area contributed by atoms with Crippen LogP contribution in [-0.4, -0.2) is 21.9 Å². The Labute approximate surface area is 302 Å². The second-order valence-electron chi connectivity index (χ2n) is 18.9. The van der Waals surface area contributed by atoms with Gasteiger partial charge in [-0.1, -0.05) is 0 Å². The first-order valence-corrected chi connectivity index (χ1v) is 29.7. The molecule has 2 heterocycles. The van der Waals surface area contributed by atoms with Crippen LogP contribution in [0.1, 0.15) is 131 Å². The van der Waals surface area contributed by atoms with Gasteiger partial charge < -0.3 is 0 Å². The van der Waals surface area contributed by atoms with E-state index in [1.807, 2.05) is 19.7 Å². The first-order chi connectivity index (χ1) is 19.7. The predicted molar refractivity (Wildman–Crippen MR) is 210 cm³/mol. The van der Waals surface area contributed by atoms with E-state index in [9.17, 15) is 0 Å². The van der Waals surface area contributed by atoms with Gasteiger partial charge in [0, 0.05) is 0 Å². The van der Waals surface area contributed by atoms with Crippen molar-refractivity contribution in [2.45, 2.75) is 140 Å². The third-order valence-electron chi connectivity index (χ3n) is 15.3. The topological polar surface area (TPSA) is 0 Å². The minimum absolute atomic E-state index is 0. The molecule has 0 radical (unpaired) electrons. The molecule has 0 amide bonds. The molecule has 0 aromatic rings. The average Bonchev–Trinajstić information content (AvgIpc) is 3.64. The Balaban J connectivity index is 0.00000240. The first-order valence-electron chi connectivity index (χ1n) is 17.5. The Morgan fingerprint density at radius 1 is 0.457 bits per heavy atom. The fourth-order valence-corrected chi connectivity index (χ4v) is 49.6. The minimum Gasteiger partial charge on any atom is -0.0149 e. The van der Waals surface area contributed by atoms with Crippen molar-refractivity contribution in [2.24, 2.45) is 27.1 Å². The third kappa shape index (κ3) is 4.24. The van der Waals surface area contributed by atoms with Gasteiger partial charge in [0.2, 0.25) is 0 Å². The molecule has 0 saturated carbocycles. The zero-order chi connectivity index (χ0) is 33.4. The van der Waals surface area contributed by atoms with Gasteiger partial charge in [-0.3, -0.25) is 0 Å². The van der Waals surface area contributed by atoms with Crippen molar-refractivity contribution >= 4 is 21.9 Å². The summed E-state index contributed by atoms with van der Waals surface area (Å²) in [5, 5.41) is 0. The molecule has 2 unspecified atom stereocenters. The molecular formula is C42H70Si2Zr2. The van der Waals surface area contributed by atoms with Crippen molar-refractivity contribution in [3.63, 3.8) is 0 Å². The van der Waals surface area contributed by atoms with E-state index in [2.05, 4.69) is 134 Å². The van der Waals surface area contributed by atoms with Gasteiger partial charge in [0.1, 0.15) is 0 Å². The molecule has 0 fully saturated rings. The molecule has 46 heavy (non-hydrogen) atoms. The molecule has 2 atom stereocenters. The smallest absolute Gasteiger partial charge is 0.0149 e. The zero-order valence-corrected chi connectivity index (χ0v) is 37.1. The Bertz CT molecular complexity index is 1780. The summed E-state index contributed by atoms with van der Waals surface area (Å²) in [6.07, 6.45) is 1.17. The summed E-state index contributed by atoms with van der Waals surface area (Å²) in [6.45, 7) is 45.3. The van der Waals surface area contributed by atoms with Crippen LogP contribution in [0.4, 0.5) is 0 Å². The van der Waals surface area contributed by atoms with Crippen LogP contribution in [0.5, 0.6) is 0 Å². The van der Waals surface area contributed by atoms with Crippen LogP contribution in [-0.2, 0) is 40.5 Å². The Kier molecular flexibility index (Phi) is 8.95. The quantitative estimate of drug-likeness (QED) is 0.243. The van der Waals surface area contributed by atoms with Crippen molar-refractivity contribution < 1.29 is 40.5 Å². The van der Waals surface area contributed by atoms with Gasteiger partial charge in [0.05, 0.1) is 0 Å². The summed E-state index contributed by atoms with van der Waals surface area (Å²) in [5.74, 6) is 0. The van der Waals surface area contributed by atoms with Gasteiger partial charge in [-0.2, -0.15) is 0 Å². The molecular weight excluding hydrogens is 743 g/mol. The fourth-order valence-electron chi connectivity index (χ4n) is 12.1. The largest absolute Gasteiger partial charge is 0.0149 e. The van der Waals surface area contributed by atoms with Gasteiger partial charge in [-0.05, 0) is 21.9 Å². The van der Waals surface area contributed by atoms with Crippen molar-refractivity contribution in [2.75, 3.05) is 0 Å². The van der Waals surface area contributed by atoms with Gasteiger partial charge >= 0.3 is 283 Å². The van der Waals surface area contributed by atoms with Crippen LogP contribution < -0.4 is 0 Å². The molecule has 0 bridgehead atoms. The monoisotopic (exact) mass is 810 g/mol. The van der Waals surface area contributed by atoms with Crippen LogP contribution in [0.2, 0.25) is 9.26 Å². The first kappa shape index (κ1) is 38.9. The van der Waals surface area contributed by atoms with E-state index >= 15 is 0 Å². The Morgan fingerprint density at radius 2 is 0.761 bits per heavy atom. The number of hydrogen-bond donors (Lipinski definition) is 0. The van der Waals surface area contributed by atoms with E-state index in [1.54, 1.807) is 55.7 Å². The molecule has 254 valence electrons. The molecule has 0 nitrogen and oxygen atoms in total. The minimum atomic E-state index is -2.88. The van der Waals surface area contributed by atoms with Gasteiger partial charge in [0.25, 0.3) is 0 Å². The molecule has 6 rings (SSSR count). The Hall–Kier alpha value is 0.120. The number of rotatable bonds is 5. The van der Waals surface area contributed by atoms with E-state index in [0.29, 0.717) is 0 Å².